The van der Waals surface area contributed by atoms with E-state index in [1.165, 1.54) is 12.0 Å². The minimum Gasteiger partial charge on any atom is -0.367 e. The van der Waals surface area contributed by atoms with Gasteiger partial charge in [-0.15, -0.1) is 0 Å². The number of nitrogens with one attached hydrogen (secondary N) is 1. The Morgan fingerprint density at radius 1 is 1.28 bits per heavy atom. The van der Waals surface area contributed by atoms with Crippen LogP contribution in [0.3, 0.4) is 0 Å². The summed E-state index contributed by atoms with van der Waals surface area (Å²) < 4.78 is 5.47. The van der Waals surface area contributed by atoms with E-state index in [1.807, 2.05) is 30.3 Å². The summed E-state index contributed by atoms with van der Waals surface area (Å²) in [7, 11) is 0. The molecule has 1 aromatic carbocycles. The lowest BCUT2D eigenvalue weighted by molar-refractivity contribution is -0.144. The molecule has 3 rings (SSSR count). The third-order valence-corrected chi connectivity index (χ3v) is 5.87. The van der Waals surface area contributed by atoms with Crippen LogP contribution >= 0.6 is 11.8 Å². The van der Waals surface area contributed by atoms with Crippen LogP contribution in [-0.2, 0) is 24.9 Å². The Morgan fingerprint density at radius 2 is 2.04 bits per heavy atom. The molecule has 2 amide bonds. The number of ether oxygens (including phenoxy) is 1. The Kier molecular flexibility index (Phi) is 5.15. The molecular formula is C18H21N2O4S. The maximum atomic E-state index is 12.4. The number of hydrogen-bond acceptors (Lipinski definition) is 5. The molecule has 0 spiro atoms. The van der Waals surface area contributed by atoms with E-state index in [4.69, 9.17) is 10.5 Å². The largest absolute Gasteiger partial charge is 0.367 e. The van der Waals surface area contributed by atoms with Gasteiger partial charge in [0.2, 0.25) is 5.91 Å². The van der Waals surface area contributed by atoms with E-state index < -0.39 is 17.0 Å². The summed E-state index contributed by atoms with van der Waals surface area (Å²) in [5.41, 5.74) is 3.98. The zero-order valence-electron chi connectivity index (χ0n) is 13.8. The minimum absolute atomic E-state index is 0.189. The van der Waals surface area contributed by atoms with Crippen LogP contribution < -0.4 is 11.1 Å². The number of amides is 2. The van der Waals surface area contributed by atoms with Crippen molar-refractivity contribution < 1.29 is 19.1 Å². The molecule has 133 valence electrons. The van der Waals surface area contributed by atoms with Gasteiger partial charge in [-0.05, 0) is 24.8 Å². The van der Waals surface area contributed by atoms with Gasteiger partial charge in [-0.25, -0.2) is 0 Å². The molecule has 1 saturated heterocycles. The number of benzene rings is 1. The van der Waals surface area contributed by atoms with Gasteiger partial charge in [0.05, 0.1) is 6.42 Å². The molecular weight excluding hydrogens is 340 g/mol. The second-order valence-corrected chi connectivity index (χ2v) is 7.39. The first-order chi connectivity index (χ1) is 12.0. The molecule has 3 N–H and O–H groups in total. The average molecular weight is 361 g/mol. The van der Waals surface area contributed by atoms with Gasteiger partial charge < -0.3 is 15.8 Å². The fourth-order valence-electron chi connectivity index (χ4n) is 3.67. The summed E-state index contributed by atoms with van der Waals surface area (Å²) in [6.07, 6.45) is 2.85. The SMILES string of the molecule is NC(=O)C12CCCC1(NC(=O)[CH]CSCc1ccccc1)C(=O)CO2. The van der Waals surface area contributed by atoms with Crippen molar-refractivity contribution >= 4 is 29.4 Å². The lowest BCUT2D eigenvalue weighted by Crippen LogP contribution is -2.66. The van der Waals surface area contributed by atoms with Gasteiger partial charge >= 0.3 is 0 Å². The van der Waals surface area contributed by atoms with Gasteiger partial charge in [-0.1, -0.05) is 30.3 Å². The second kappa shape index (κ2) is 7.17. The molecule has 2 fully saturated rings. The predicted molar refractivity (Wildman–Crippen MR) is 94.5 cm³/mol. The standard InChI is InChI=1S/C18H21N2O4S/c19-16(23)18-9-4-8-17(18,14(21)11-24-18)20-15(22)7-10-25-12-13-5-2-1-3-6-13/h1-3,5-7H,4,8-12H2,(H2,19,23)(H,20,22). The first-order valence-electron chi connectivity index (χ1n) is 8.24. The highest BCUT2D eigenvalue weighted by Gasteiger charge is 2.68. The van der Waals surface area contributed by atoms with E-state index in [1.54, 1.807) is 11.8 Å². The first kappa shape index (κ1) is 17.9. The van der Waals surface area contributed by atoms with E-state index in [9.17, 15) is 14.4 Å². The van der Waals surface area contributed by atoms with Gasteiger partial charge in [-0.2, -0.15) is 11.8 Å². The first-order valence-corrected chi connectivity index (χ1v) is 9.40. The third kappa shape index (κ3) is 3.18. The van der Waals surface area contributed by atoms with Gasteiger partial charge in [0, 0.05) is 11.5 Å². The number of carbonyl (C=O) groups is 3. The highest BCUT2D eigenvalue weighted by molar-refractivity contribution is 7.98. The zero-order chi connectivity index (χ0) is 17.9. The van der Waals surface area contributed by atoms with E-state index in [2.05, 4.69) is 5.32 Å². The van der Waals surface area contributed by atoms with E-state index in [-0.39, 0.29) is 18.3 Å². The van der Waals surface area contributed by atoms with Crippen LogP contribution in [0.2, 0.25) is 0 Å². The molecule has 7 heteroatoms. The van der Waals surface area contributed by atoms with Crippen molar-refractivity contribution in [3.05, 3.63) is 42.3 Å². The van der Waals surface area contributed by atoms with Crippen molar-refractivity contribution in [2.75, 3.05) is 12.4 Å². The number of Topliss-reactive ketones (excluding diaryl/α,β-unsaturated/α-hetero) is 1. The fourth-order valence-corrected chi connectivity index (χ4v) is 4.49. The van der Waals surface area contributed by atoms with Gasteiger partial charge in [0.15, 0.2) is 11.4 Å². The maximum absolute atomic E-state index is 12.4. The molecule has 0 aromatic heterocycles. The summed E-state index contributed by atoms with van der Waals surface area (Å²) in [5.74, 6) is -0.0256. The lowest BCUT2D eigenvalue weighted by atomic mass is 9.80. The fraction of sp³-hybridized carbons (Fsp3) is 0.444. The number of primary amides is 1. The molecule has 1 aromatic rings. The Hall–Kier alpha value is -1.86. The van der Waals surface area contributed by atoms with Crippen LogP contribution in [-0.4, -0.2) is 41.1 Å². The van der Waals surface area contributed by atoms with E-state index in [0.29, 0.717) is 25.0 Å². The van der Waals surface area contributed by atoms with Crippen LogP contribution in [0.15, 0.2) is 30.3 Å². The van der Waals surface area contributed by atoms with Crippen LogP contribution in [0.5, 0.6) is 0 Å². The molecule has 25 heavy (non-hydrogen) atoms. The zero-order valence-corrected chi connectivity index (χ0v) is 14.6. The Bertz CT molecular complexity index is 681. The monoisotopic (exact) mass is 361 g/mol. The molecule has 2 atom stereocenters. The van der Waals surface area contributed by atoms with E-state index in [0.717, 1.165) is 5.75 Å². The predicted octanol–water partition coefficient (Wildman–Crippen LogP) is 0.986. The van der Waals surface area contributed by atoms with Crippen LogP contribution in [0, 0.1) is 6.42 Å². The van der Waals surface area contributed by atoms with Crippen molar-refractivity contribution in [3.63, 3.8) is 0 Å². The molecule has 1 radical (unpaired) electrons. The summed E-state index contributed by atoms with van der Waals surface area (Å²) in [4.78, 5) is 36.6. The number of hydrogen-bond donors (Lipinski definition) is 2. The summed E-state index contributed by atoms with van der Waals surface area (Å²) in [5, 5.41) is 2.74. The lowest BCUT2D eigenvalue weighted by Gasteiger charge is -2.35. The number of fused-ring (bicyclic) bond motifs is 1. The quantitative estimate of drug-likeness (QED) is 0.706. The summed E-state index contributed by atoms with van der Waals surface area (Å²) in [6.45, 7) is -0.189. The molecule has 1 saturated carbocycles. The topological polar surface area (TPSA) is 98.5 Å². The van der Waals surface area contributed by atoms with Crippen molar-refractivity contribution in [2.45, 2.75) is 36.2 Å². The third-order valence-electron chi connectivity index (χ3n) is 4.93. The Labute approximate surface area is 150 Å². The van der Waals surface area contributed by atoms with Crippen LogP contribution in [0.25, 0.3) is 0 Å². The molecule has 2 unspecified atom stereocenters. The van der Waals surface area contributed by atoms with Crippen molar-refractivity contribution in [1.82, 2.24) is 5.32 Å². The van der Waals surface area contributed by atoms with Crippen LogP contribution in [0.4, 0.5) is 0 Å². The normalized spacial score (nSPS) is 27.9. The molecule has 6 nitrogen and oxygen atoms in total. The number of nitrogens with two attached hydrogens (primary N) is 1. The molecule has 1 heterocycles. The van der Waals surface area contributed by atoms with Gasteiger partial charge in [0.25, 0.3) is 5.91 Å². The molecule has 1 aliphatic heterocycles. The summed E-state index contributed by atoms with van der Waals surface area (Å²) in [6, 6.07) is 9.96. The van der Waals surface area contributed by atoms with Crippen LogP contribution in [0.1, 0.15) is 24.8 Å². The minimum atomic E-state index is -1.40. The smallest absolute Gasteiger partial charge is 0.252 e. The Morgan fingerprint density at radius 3 is 2.76 bits per heavy atom. The van der Waals surface area contributed by atoms with Crippen molar-refractivity contribution in [2.24, 2.45) is 5.73 Å². The summed E-state index contributed by atoms with van der Waals surface area (Å²) >= 11 is 1.60. The highest BCUT2D eigenvalue weighted by atomic mass is 32.2. The average Bonchev–Trinajstić information content (AvgIpc) is 3.09. The van der Waals surface area contributed by atoms with Gasteiger partial charge in [-0.3, -0.25) is 14.4 Å². The second-order valence-electron chi connectivity index (χ2n) is 6.36. The Balaban J connectivity index is 1.56. The van der Waals surface area contributed by atoms with Gasteiger partial charge in [0.1, 0.15) is 12.1 Å². The van der Waals surface area contributed by atoms with E-state index >= 15 is 0 Å². The number of rotatable bonds is 7. The molecule has 0 bridgehead atoms. The van der Waals surface area contributed by atoms with Crippen molar-refractivity contribution in [1.29, 1.82) is 0 Å². The molecule has 2 aliphatic rings. The number of carbonyl (C=O) groups excluding carboxylic acids is 3. The number of ketones is 1. The van der Waals surface area contributed by atoms with Crippen molar-refractivity contribution in [3.8, 4) is 0 Å². The number of thioether (sulfide) groups is 1. The maximum Gasteiger partial charge on any atom is 0.252 e. The molecule has 1 aliphatic carbocycles. The highest BCUT2D eigenvalue weighted by Crippen LogP contribution is 2.46.